The van der Waals surface area contributed by atoms with Crippen LogP contribution in [0.5, 0.6) is 0 Å². The van der Waals surface area contributed by atoms with Crippen molar-refractivity contribution in [1.29, 1.82) is 0 Å². The minimum absolute atomic E-state index is 0. The Morgan fingerprint density at radius 3 is 1.74 bits per heavy atom. The maximum atomic E-state index is 2.62. The van der Waals surface area contributed by atoms with Gasteiger partial charge in [0, 0.05) is 0 Å². The van der Waals surface area contributed by atoms with Gasteiger partial charge in [-0.3, -0.25) is 0 Å². The standard InChI is InChI=1S/C29H37.C21H14.C5H5.2ClH.Hf/c1-18-25-22-17-19-13-9-10-14-20(19)24(22)21-15-11-12-16-23(21)29(25,8)28(6,7)27(4,5)26(18,2)3;1-3-7-20-14-16(9-11-18(20)5-1)13-17-10-12-19-6-2-4-8-21(19)15-17;1-2-4-5-3-1;;;/h9-11,13-15,23H,12,16-17H2,1-8H3;1-12,14-15H;1-5H;2*1H;/q-1;;-1;;;+2/p-2. The molecule has 0 spiro atoms. The molecule has 4 aliphatic rings. The van der Waals surface area contributed by atoms with Gasteiger partial charge >= 0.3 is 145 Å². The molecule has 0 aromatic heterocycles. The summed E-state index contributed by atoms with van der Waals surface area (Å²) in [5, 5.41) is 5.24. The van der Waals surface area contributed by atoms with E-state index in [4.69, 9.17) is 0 Å². The number of benzene rings is 5. The summed E-state index contributed by atoms with van der Waals surface area (Å²) in [4.78, 5) is 0. The van der Waals surface area contributed by atoms with Crippen LogP contribution in [-0.4, -0.2) is 3.26 Å². The number of allylic oxidation sites excluding steroid dienone is 6. The van der Waals surface area contributed by atoms with Crippen LogP contribution in [0.3, 0.4) is 0 Å². The molecule has 0 radical (unpaired) electrons. The molecule has 296 valence electrons. The van der Waals surface area contributed by atoms with Crippen molar-refractivity contribution in [2.24, 2.45) is 27.6 Å². The van der Waals surface area contributed by atoms with Crippen molar-refractivity contribution < 1.29 is 48.7 Å². The van der Waals surface area contributed by atoms with Crippen molar-refractivity contribution in [2.75, 3.05) is 0 Å². The Morgan fingerprint density at radius 1 is 0.655 bits per heavy atom. The first-order valence-electron chi connectivity index (χ1n) is 20.6. The van der Waals surface area contributed by atoms with Gasteiger partial charge in [0.25, 0.3) is 0 Å². The molecule has 2 unspecified atom stereocenters. The molecule has 0 amide bonds. The predicted molar refractivity (Wildman–Crippen MR) is 237 cm³/mol. The van der Waals surface area contributed by atoms with E-state index in [9.17, 15) is 0 Å². The fourth-order valence-electron chi connectivity index (χ4n) is 10.7. The van der Waals surface area contributed by atoms with Crippen molar-refractivity contribution in [3.05, 3.63) is 197 Å². The summed E-state index contributed by atoms with van der Waals surface area (Å²) in [6.45, 7) is 20.3. The van der Waals surface area contributed by atoms with E-state index in [1.807, 2.05) is 30.3 Å². The van der Waals surface area contributed by atoms with Crippen molar-refractivity contribution in [3.8, 4) is 0 Å². The van der Waals surface area contributed by atoms with E-state index in [0.717, 1.165) is 30.3 Å². The Hall–Kier alpha value is -3.62. The van der Waals surface area contributed by atoms with Crippen LogP contribution in [0.2, 0.25) is 0 Å². The molecule has 2 atom stereocenters. The van der Waals surface area contributed by atoms with Crippen LogP contribution in [0.1, 0.15) is 90.5 Å². The SMILES string of the molecule is C[C-]1C2=C3Cc4ccccc4C3=C3C=CCCC3C2(C)C(C)(C)C(C)(C)C1(C)C.[Cl-].[Cl-].[Hf+2]=[C](c1ccc2ccccc2c1)c1ccc2ccccc2c1.c1cc[cH-]c1. The van der Waals surface area contributed by atoms with Gasteiger partial charge in [-0.2, -0.15) is 29.3 Å². The second-order valence-electron chi connectivity index (χ2n) is 18.2. The molecule has 0 heterocycles. The van der Waals surface area contributed by atoms with Crippen LogP contribution in [0.4, 0.5) is 0 Å². The van der Waals surface area contributed by atoms with Crippen LogP contribution >= 0.6 is 0 Å². The summed E-state index contributed by atoms with van der Waals surface area (Å²) >= 11 is 1.03. The van der Waals surface area contributed by atoms with Crippen molar-refractivity contribution in [1.82, 2.24) is 0 Å². The van der Waals surface area contributed by atoms with Gasteiger partial charge in [-0.15, -0.1) is 6.92 Å². The second kappa shape index (κ2) is 16.8. The van der Waals surface area contributed by atoms with Crippen molar-refractivity contribution >= 4 is 30.4 Å². The fourth-order valence-corrected chi connectivity index (χ4v) is 11.9. The summed E-state index contributed by atoms with van der Waals surface area (Å²) in [5.74, 6) is 2.24. The third-order valence-corrected chi connectivity index (χ3v) is 17.5. The number of halogens is 2. The van der Waals surface area contributed by atoms with Crippen LogP contribution < -0.4 is 24.8 Å². The van der Waals surface area contributed by atoms with E-state index >= 15 is 0 Å². The van der Waals surface area contributed by atoms with Gasteiger partial charge in [0.2, 0.25) is 0 Å². The molecular formula is C55H56Cl2Hf-2. The molecule has 0 bridgehead atoms. The van der Waals surface area contributed by atoms with E-state index in [0.29, 0.717) is 5.92 Å². The largest absolute Gasteiger partial charge is 0.214 e. The molecule has 10 rings (SSSR count). The number of hydrogen-bond donors (Lipinski definition) is 0. The zero-order valence-corrected chi connectivity index (χ0v) is 40.5. The summed E-state index contributed by atoms with van der Waals surface area (Å²) in [7, 11) is 0. The van der Waals surface area contributed by atoms with Gasteiger partial charge in [0.05, 0.1) is 0 Å². The molecule has 0 N–H and O–H groups in total. The molecule has 6 aromatic rings. The van der Waals surface area contributed by atoms with E-state index in [1.165, 1.54) is 59.9 Å². The first kappa shape index (κ1) is 43.9. The van der Waals surface area contributed by atoms with E-state index in [1.54, 1.807) is 28.2 Å². The molecule has 1 fully saturated rings. The summed E-state index contributed by atoms with van der Waals surface area (Å²) in [6, 6.07) is 49.9. The molecule has 58 heavy (non-hydrogen) atoms. The third kappa shape index (κ3) is 7.02. The predicted octanol–water partition coefficient (Wildman–Crippen LogP) is 8.49. The zero-order chi connectivity index (χ0) is 39.5. The first-order valence-corrected chi connectivity index (χ1v) is 22.4. The molecule has 1 saturated carbocycles. The molecule has 3 heteroatoms. The zero-order valence-electron chi connectivity index (χ0n) is 35.4. The van der Waals surface area contributed by atoms with Crippen LogP contribution in [0.25, 0.3) is 27.1 Å². The fraction of sp³-hybridized carbons (Fsp3) is 0.291. The van der Waals surface area contributed by atoms with Gasteiger partial charge in [-0.05, 0) is 40.6 Å². The topological polar surface area (TPSA) is 0 Å². The monoisotopic (exact) mass is 966 g/mol. The normalized spacial score (nSPS) is 21.5. The Kier molecular flexibility index (Phi) is 12.7. The minimum Gasteiger partial charge on any atom is -0.214 e. The van der Waals surface area contributed by atoms with Gasteiger partial charge in [0.15, 0.2) is 0 Å². The third-order valence-electron chi connectivity index (χ3n) is 15.4. The number of fused-ring (bicyclic) bond motifs is 8. The molecular weight excluding hydrogens is 910 g/mol. The summed E-state index contributed by atoms with van der Waals surface area (Å²) in [5.41, 5.74) is 13.0. The Morgan fingerprint density at radius 2 is 1.19 bits per heavy atom. The Balaban J connectivity index is 0.000000173. The quantitative estimate of drug-likeness (QED) is 0.121. The van der Waals surface area contributed by atoms with Gasteiger partial charge in [-0.1, -0.05) is 113 Å². The van der Waals surface area contributed by atoms with Gasteiger partial charge < -0.3 is 24.8 Å². The van der Waals surface area contributed by atoms with Crippen LogP contribution in [-0.2, 0) is 30.3 Å². The molecule has 0 aliphatic heterocycles. The van der Waals surface area contributed by atoms with Gasteiger partial charge in [0.1, 0.15) is 0 Å². The molecule has 0 nitrogen and oxygen atoms in total. The van der Waals surface area contributed by atoms with E-state index in [2.05, 4.69) is 177 Å². The maximum Gasteiger partial charge on any atom is -0.172 e. The van der Waals surface area contributed by atoms with Crippen LogP contribution in [0.15, 0.2) is 168 Å². The molecule has 0 saturated heterocycles. The molecule has 4 aliphatic carbocycles. The second-order valence-corrected chi connectivity index (χ2v) is 20.0. The molecule has 6 aromatic carbocycles. The van der Waals surface area contributed by atoms with Crippen molar-refractivity contribution in [3.63, 3.8) is 0 Å². The van der Waals surface area contributed by atoms with Crippen molar-refractivity contribution in [2.45, 2.75) is 74.7 Å². The average molecular weight is 966 g/mol. The minimum atomic E-state index is 0. The summed E-state index contributed by atoms with van der Waals surface area (Å²) < 4.78 is 1.46. The Labute approximate surface area is 375 Å². The van der Waals surface area contributed by atoms with Crippen LogP contribution in [0, 0.1) is 33.5 Å². The average Bonchev–Trinajstić information content (AvgIpc) is 3.93. The number of rotatable bonds is 2. The first-order chi connectivity index (χ1) is 26.8. The Bertz CT molecular complexity index is 2440. The maximum absolute atomic E-state index is 2.62. The summed E-state index contributed by atoms with van der Waals surface area (Å²) in [6.07, 6.45) is 8.50. The number of hydrogen-bond acceptors (Lipinski definition) is 0. The van der Waals surface area contributed by atoms with E-state index < -0.39 is 0 Å². The smallest absolute Gasteiger partial charge is 0.172 e. The van der Waals surface area contributed by atoms with Gasteiger partial charge in [-0.25, -0.2) is 18.1 Å². The van der Waals surface area contributed by atoms with E-state index in [-0.39, 0.29) is 46.5 Å².